The second kappa shape index (κ2) is 5.13. The van der Waals surface area contributed by atoms with Crippen LogP contribution in [0.2, 0.25) is 0 Å². The molecule has 0 saturated carbocycles. The summed E-state index contributed by atoms with van der Waals surface area (Å²) < 4.78 is 5.60. The first-order chi connectivity index (χ1) is 6.73. The van der Waals surface area contributed by atoms with Gasteiger partial charge in [-0.25, -0.2) is 0 Å². The average Bonchev–Trinajstić information content (AvgIpc) is 2.58. The number of likely N-dealkylation sites (tertiary alicyclic amines) is 1. The van der Waals surface area contributed by atoms with E-state index in [9.17, 15) is 0 Å². The van der Waals surface area contributed by atoms with Gasteiger partial charge in [0, 0.05) is 18.6 Å². The molecule has 0 bridgehead atoms. The topological polar surface area (TPSA) is 12.5 Å². The first kappa shape index (κ1) is 12.0. The smallest absolute Gasteiger partial charge is 0.0537 e. The lowest BCUT2D eigenvalue weighted by atomic mass is 9.73. The summed E-state index contributed by atoms with van der Waals surface area (Å²) in [4.78, 5) is 2.44. The van der Waals surface area contributed by atoms with Gasteiger partial charge in [0.2, 0.25) is 0 Å². The number of hydrogen-bond acceptors (Lipinski definition) is 2. The molecule has 0 aliphatic carbocycles. The summed E-state index contributed by atoms with van der Waals surface area (Å²) >= 11 is 0. The maximum atomic E-state index is 5.60. The average molecular weight is 199 g/mol. The lowest BCUT2D eigenvalue weighted by molar-refractivity contribution is -0.0388. The second-order valence-electron chi connectivity index (χ2n) is 4.59. The molecule has 0 aromatic carbocycles. The van der Waals surface area contributed by atoms with Crippen molar-refractivity contribution in [3.05, 3.63) is 0 Å². The van der Waals surface area contributed by atoms with Crippen molar-refractivity contribution in [2.45, 2.75) is 33.6 Å². The zero-order valence-electron chi connectivity index (χ0n) is 10.2. The Morgan fingerprint density at radius 1 is 1.36 bits per heavy atom. The molecule has 84 valence electrons. The Bertz CT molecular complexity index is 168. The fraction of sp³-hybridized carbons (Fsp3) is 1.00. The van der Waals surface area contributed by atoms with E-state index in [4.69, 9.17) is 4.74 Å². The van der Waals surface area contributed by atoms with Crippen molar-refractivity contribution in [2.24, 2.45) is 11.3 Å². The second-order valence-corrected chi connectivity index (χ2v) is 4.59. The minimum absolute atomic E-state index is 0.507. The number of nitrogens with zero attached hydrogens (tertiary/aromatic N) is 1. The molecule has 2 saturated heterocycles. The van der Waals surface area contributed by atoms with Crippen molar-refractivity contribution in [1.29, 1.82) is 0 Å². The van der Waals surface area contributed by atoms with Crippen LogP contribution < -0.4 is 0 Å². The van der Waals surface area contributed by atoms with Crippen LogP contribution in [-0.4, -0.2) is 38.3 Å². The van der Waals surface area contributed by atoms with Crippen LogP contribution in [-0.2, 0) is 4.74 Å². The molecule has 14 heavy (non-hydrogen) atoms. The van der Waals surface area contributed by atoms with Crippen LogP contribution in [0.4, 0.5) is 0 Å². The molecule has 2 heterocycles. The Labute approximate surface area is 88.6 Å². The maximum absolute atomic E-state index is 5.60. The highest BCUT2D eigenvalue weighted by molar-refractivity contribution is 4.94. The maximum Gasteiger partial charge on any atom is 0.0537 e. The van der Waals surface area contributed by atoms with Crippen LogP contribution in [0.25, 0.3) is 0 Å². The van der Waals surface area contributed by atoms with Gasteiger partial charge in [0.05, 0.1) is 6.61 Å². The largest absolute Gasteiger partial charge is 0.381 e. The Morgan fingerprint density at radius 2 is 2.07 bits per heavy atom. The minimum atomic E-state index is 0.507. The molecular formula is C12H25NO. The van der Waals surface area contributed by atoms with Crippen LogP contribution in [0.1, 0.15) is 33.6 Å². The Kier molecular flexibility index (Phi) is 4.39. The number of rotatable bonds is 0. The highest BCUT2D eigenvalue weighted by Crippen LogP contribution is 2.41. The molecule has 0 aromatic rings. The number of ether oxygens (including phenoxy) is 1. The molecule has 2 rings (SSSR count). The molecule has 2 aliphatic heterocycles. The van der Waals surface area contributed by atoms with Gasteiger partial charge in [0.1, 0.15) is 0 Å². The van der Waals surface area contributed by atoms with Gasteiger partial charge < -0.3 is 9.64 Å². The molecule has 2 unspecified atom stereocenters. The fourth-order valence-electron chi connectivity index (χ4n) is 2.61. The van der Waals surface area contributed by atoms with E-state index in [-0.39, 0.29) is 0 Å². The van der Waals surface area contributed by atoms with Gasteiger partial charge in [0.25, 0.3) is 0 Å². The van der Waals surface area contributed by atoms with Crippen LogP contribution >= 0.6 is 0 Å². The van der Waals surface area contributed by atoms with E-state index in [1.165, 1.54) is 25.9 Å². The highest BCUT2D eigenvalue weighted by Gasteiger charge is 2.43. The summed E-state index contributed by atoms with van der Waals surface area (Å²) in [5.41, 5.74) is 0.507. The van der Waals surface area contributed by atoms with E-state index >= 15 is 0 Å². The summed E-state index contributed by atoms with van der Waals surface area (Å²) in [6.07, 6.45) is 2.60. The summed E-state index contributed by atoms with van der Waals surface area (Å²) in [5, 5.41) is 0. The van der Waals surface area contributed by atoms with Crippen molar-refractivity contribution >= 4 is 0 Å². The van der Waals surface area contributed by atoms with E-state index in [1.807, 2.05) is 13.8 Å². The van der Waals surface area contributed by atoms with Gasteiger partial charge in [-0.3, -0.25) is 0 Å². The first-order valence-electron chi connectivity index (χ1n) is 5.99. The van der Waals surface area contributed by atoms with Crippen LogP contribution in [0.5, 0.6) is 0 Å². The molecule has 2 aliphatic rings. The quantitative estimate of drug-likeness (QED) is 0.594. The van der Waals surface area contributed by atoms with Crippen LogP contribution in [0, 0.1) is 11.3 Å². The van der Waals surface area contributed by atoms with Gasteiger partial charge in [-0.2, -0.15) is 0 Å². The third-order valence-corrected chi connectivity index (χ3v) is 3.71. The molecule has 2 heteroatoms. The predicted molar refractivity (Wildman–Crippen MR) is 60.5 cm³/mol. The summed E-state index contributed by atoms with van der Waals surface area (Å²) in [6.45, 7) is 10.9. The minimum Gasteiger partial charge on any atom is -0.381 e. The van der Waals surface area contributed by atoms with Crippen LogP contribution in [0.3, 0.4) is 0 Å². The van der Waals surface area contributed by atoms with E-state index in [0.717, 1.165) is 19.1 Å². The van der Waals surface area contributed by atoms with Crippen molar-refractivity contribution in [3.63, 3.8) is 0 Å². The normalized spacial score (nSPS) is 38.1. The van der Waals surface area contributed by atoms with E-state index in [1.54, 1.807) is 0 Å². The van der Waals surface area contributed by atoms with Gasteiger partial charge in [0.15, 0.2) is 0 Å². The molecule has 0 aromatic heterocycles. The third kappa shape index (κ3) is 2.29. The molecule has 0 N–H and O–H groups in total. The highest BCUT2D eigenvalue weighted by atomic mass is 16.5. The fourth-order valence-corrected chi connectivity index (χ4v) is 2.61. The monoisotopic (exact) mass is 199 g/mol. The van der Waals surface area contributed by atoms with Crippen molar-refractivity contribution in [2.75, 3.05) is 33.4 Å². The molecule has 2 fully saturated rings. The van der Waals surface area contributed by atoms with E-state index < -0.39 is 0 Å². The lowest BCUT2D eigenvalue weighted by Gasteiger charge is -2.39. The van der Waals surface area contributed by atoms with Gasteiger partial charge >= 0.3 is 0 Å². The lowest BCUT2D eigenvalue weighted by Crippen LogP contribution is -2.40. The Morgan fingerprint density at radius 3 is 2.57 bits per heavy atom. The zero-order chi connectivity index (χ0) is 10.6. The number of hydrogen-bond donors (Lipinski definition) is 0. The molecule has 1 spiro atoms. The Balaban J connectivity index is 0.000000461. The van der Waals surface area contributed by atoms with Crippen molar-refractivity contribution in [1.82, 2.24) is 4.90 Å². The molecule has 0 amide bonds. The van der Waals surface area contributed by atoms with Gasteiger partial charge in [-0.1, -0.05) is 20.8 Å². The predicted octanol–water partition coefficient (Wildman–Crippen LogP) is 2.39. The first-order valence-corrected chi connectivity index (χ1v) is 5.99. The summed E-state index contributed by atoms with van der Waals surface area (Å²) in [5.74, 6) is 0.858. The zero-order valence-corrected chi connectivity index (χ0v) is 10.2. The Hall–Kier alpha value is -0.0800. The van der Waals surface area contributed by atoms with Crippen LogP contribution in [0.15, 0.2) is 0 Å². The van der Waals surface area contributed by atoms with Crippen molar-refractivity contribution < 1.29 is 4.74 Å². The van der Waals surface area contributed by atoms with Gasteiger partial charge in [-0.05, 0) is 32.4 Å². The van der Waals surface area contributed by atoms with E-state index in [0.29, 0.717) is 5.41 Å². The summed E-state index contributed by atoms with van der Waals surface area (Å²) in [6, 6.07) is 0. The van der Waals surface area contributed by atoms with Crippen molar-refractivity contribution in [3.8, 4) is 0 Å². The van der Waals surface area contributed by atoms with Gasteiger partial charge in [-0.15, -0.1) is 0 Å². The van der Waals surface area contributed by atoms with E-state index in [2.05, 4.69) is 18.9 Å². The SMILES string of the molecule is CC.CC1CCOCC12CCN(C)C2. The molecule has 2 atom stereocenters. The molecule has 0 radical (unpaired) electrons. The standard InChI is InChI=1S/C10H19NO.C2H6/c1-9-3-6-12-8-10(9)4-5-11(2)7-10;1-2/h9H,3-8H2,1-2H3;1-2H3. The third-order valence-electron chi connectivity index (χ3n) is 3.71. The molecular weight excluding hydrogens is 174 g/mol. The molecule has 2 nitrogen and oxygen atoms in total. The summed E-state index contributed by atoms with van der Waals surface area (Å²) in [7, 11) is 2.22.